The predicted octanol–water partition coefficient (Wildman–Crippen LogP) is 8.43. The van der Waals surface area contributed by atoms with E-state index in [1.165, 1.54) is 33.0 Å². The van der Waals surface area contributed by atoms with Gasteiger partial charge in [-0.2, -0.15) is 12.5 Å². The number of likely N-dealkylation sites (N-methyl/N-ethyl adjacent to an activating group) is 1. The zero-order chi connectivity index (χ0) is 21.8. The monoisotopic (exact) mass is 516 g/mol. The van der Waals surface area contributed by atoms with Crippen molar-refractivity contribution in [3.8, 4) is 0 Å². The predicted molar refractivity (Wildman–Crippen MR) is 147 cm³/mol. The van der Waals surface area contributed by atoms with Gasteiger partial charge in [0.1, 0.15) is 0 Å². The first-order valence-corrected chi connectivity index (χ1v) is 10.4. The molecule has 0 radical (unpaired) electrons. The Morgan fingerprint density at radius 3 is 2.15 bits per heavy atom. The van der Waals surface area contributed by atoms with Gasteiger partial charge in [-0.3, -0.25) is 0 Å². The van der Waals surface area contributed by atoms with Gasteiger partial charge in [0, 0.05) is 6.54 Å². The normalized spacial score (nSPS) is 11.9. The van der Waals surface area contributed by atoms with Gasteiger partial charge in [0.2, 0.25) is 0 Å². The van der Waals surface area contributed by atoms with Gasteiger partial charge in [-0.25, -0.2) is 0 Å². The zero-order valence-corrected chi connectivity index (χ0v) is 23.4. The summed E-state index contributed by atoms with van der Waals surface area (Å²) in [5.74, 6) is 0. The van der Waals surface area contributed by atoms with Gasteiger partial charge in [0.05, 0.1) is 0 Å². The molecule has 0 saturated heterocycles. The summed E-state index contributed by atoms with van der Waals surface area (Å²) in [6, 6.07) is 16.9. The molecule has 0 bridgehead atoms. The van der Waals surface area contributed by atoms with Crippen LogP contribution in [0.3, 0.4) is 0 Å². The van der Waals surface area contributed by atoms with Gasteiger partial charge < -0.3 is 10.6 Å². The van der Waals surface area contributed by atoms with E-state index < -0.39 is 0 Å². The molecule has 1 aliphatic carbocycles. The minimum Gasteiger partial charge on any atom is -0.698 e. The molecule has 0 fully saturated rings. The summed E-state index contributed by atoms with van der Waals surface area (Å²) in [6.07, 6.45) is 5.66. The smallest absolute Gasteiger partial charge is 0.698 e. The number of rotatable bonds is 3. The topological polar surface area (TPSA) is 27.0 Å². The van der Waals surface area contributed by atoms with Crippen LogP contribution >= 0.6 is 24.8 Å². The van der Waals surface area contributed by atoms with Crippen molar-refractivity contribution in [1.29, 1.82) is 0 Å². The Kier molecular flexibility index (Phi) is 13.2. The van der Waals surface area contributed by atoms with E-state index in [9.17, 15) is 0 Å². The van der Waals surface area contributed by atoms with Gasteiger partial charge in [0.25, 0.3) is 0 Å². The molecule has 0 saturated carbocycles. The molecular formula is C28H34Cl2N2Ti. The first-order chi connectivity index (χ1) is 14.3. The van der Waals surface area contributed by atoms with Crippen molar-refractivity contribution in [1.82, 2.24) is 4.90 Å². The number of halogens is 2. The Bertz CT molecular complexity index is 1110. The summed E-state index contributed by atoms with van der Waals surface area (Å²) in [7, 11) is 4.21. The minimum absolute atomic E-state index is 0. The summed E-state index contributed by atoms with van der Waals surface area (Å²) >= 11 is 0. The number of benzene rings is 3. The number of hydrogen-bond acceptors (Lipinski definition) is 1. The second-order valence-corrected chi connectivity index (χ2v) is 8.48. The average molecular weight is 517 g/mol. The van der Waals surface area contributed by atoms with Gasteiger partial charge in [-0.05, 0) is 46.9 Å². The van der Waals surface area contributed by atoms with Crippen LogP contribution in [0, 0.1) is 27.7 Å². The largest absolute Gasteiger partial charge is 2.00 e. The third-order valence-electron chi connectivity index (χ3n) is 5.51. The Labute approximate surface area is 227 Å². The number of fused-ring (bicyclic) bond motifs is 1. The van der Waals surface area contributed by atoms with Crippen LogP contribution in [0.15, 0.2) is 66.3 Å². The van der Waals surface area contributed by atoms with E-state index in [0.29, 0.717) is 5.69 Å². The molecule has 174 valence electrons. The van der Waals surface area contributed by atoms with E-state index in [0.717, 1.165) is 29.7 Å². The molecule has 0 spiro atoms. The molecule has 2 nitrogen and oxygen atoms in total. The second kappa shape index (κ2) is 13.9. The molecule has 0 aliphatic heterocycles. The van der Waals surface area contributed by atoms with E-state index >= 15 is 0 Å². The standard InChI is InChI=1S/C19H20N.C9H12N.2ClH.Ti/c1-14-18-7-5-4-6-16(18)10-11-19(14)17-9-8-15(12-17)13-20(2)3;1-6-4-7(2)9(10)8(3)5-6;;;/h4-8,10-12H,1,9,13H2,2-3H3;4-5,10H,1-3H3;2*1H;/q2*-1;;;+2. The second-order valence-electron chi connectivity index (χ2n) is 8.48. The summed E-state index contributed by atoms with van der Waals surface area (Å²) in [6.45, 7) is 11.3. The number of nitrogens with zero attached hydrogens (tertiary/aromatic N) is 1. The van der Waals surface area contributed by atoms with Crippen molar-refractivity contribution in [2.45, 2.75) is 27.2 Å². The third kappa shape index (κ3) is 7.95. The maximum Gasteiger partial charge on any atom is 2.00 e. The number of aryl methyl sites for hydroxylation is 3. The molecule has 3 aromatic carbocycles. The average Bonchev–Trinajstić information content (AvgIpc) is 3.14. The zero-order valence-electron chi connectivity index (χ0n) is 20.2. The molecule has 1 aliphatic rings. The Balaban J connectivity index is 0.000000681. The fourth-order valence-corrected chi connectivity index (χ4v) is 4.06. The molecule has 0 unspecified atom stereocenters. The van der Waals surface area contributed by atoms with Crippen LogP contribution in [-0.4, -0.2) is 25.5 Å². The van der Waals surface area contributed by atoms with E-state index in [4.69, 9.17) is 5.73 Å². The number of hydrogen-bond donors (Lipinski definition) is 0. The van der Waals surface area contributed by atoms with Gasteiger partial charge >= 0.3 is 21.7 Å². The minimum atomic E-state index is 0. The van der Waals surface area contributed by atoms with Crippen LogP contribution in [0.4, 0.5) is 5.69 Å². The molecule has 0 amide bonds. The van der Waals surface area contributed by atoms with Crippen LogP contribution < -0.4 is 0 Å². The molecule has 1 N–H and O–H groups in total. The van der Waals surface area contributed by atoms with Crippen molar-refractivity contribution in [2.24, 2.45) is 0 Å². The van der Waals surface area contributed by atoms with E-state index in [2.05, 4.69) is 81.4 Å². The van der Waals surface area contributed by atoms with E-state index in [1.54, 1.807) is 0 Å². The van der Waals surface area contributed by atoms with Crippen LogP contribution in [0.5, 0.6) is 0 Å². The van der Waals surface area contributed by atoms with Crippen molar-refractivity contribution >= 4 is 46.8 Å². The van der Waals surface area contributed by atoms with Crippen LogP contribution in [-0.2, 0) is 21.7 Å². The Morgan fingerprint density at radius 2 is 1.55 bits per heavy atom. The molecule has 33 heavy (non-hydrogen) atoms. The maximum atomic E-state index is 7.54. The molecule has 0 atom stereocenters. The van der Waals surface area contributed by atoms with E-state index in [1.807, 2.05) is 26.0 Å². The molecule has 4 rings (SSSR count). The van der Waals surface area contributed by atoms with Crippen molar-refractivity contribution in [3.63, 3.8) is 0 Å². The quantitative estimate of drug-likeness (QED) is 0.253. The first-order valence-electron chi connectivity index (χ1n) is 10.4. The summed E-state index contributed by atoms with van der Waals surface area (Å²) in [5, 5.41) is 2.52. The SMILES string of the molecule is Cc1cc(C)c([NH-])c(C)c1.Cl.Cl.[CH2-]c1c(C2=CC(CN(C)C)=CC2)ccc2ccccc12.[Ti+2]. The van der Waals surface area contributed by atoms with Crippen molar-refractivity contribution < 1.29 is 21.7 Å². The molecule has 3 aromatic rings. The molecular weight excluding hydrogens is 483 g/mol. The molecule has 5 heteroatoms. The van der Waals surface area contributed by atoms with Crippen LogP contribution in [0.25, 0.3) is 22.1 Å². The van der Waals surface area contributed by atoms with Gasteiger partial charge in [-0.15, -0.1) is 53.6 Å². The number of allylic oxidation sites excluding steroid dienone is 2. The van der Waals surface area contributed by atoms with Crippen LogP contribution in [0.1, 0.15) is 34.2 Å². The fourth-order valence-electron chi connectivity index (χ4n) is 4.06. The summed E-state index contributed by atoms with van der Waals surface area (Å²) in [4.78, 5) is 2.21. The first kappa shape index (κ1) is 31.3. The van der Waals surface area contributed by atoms with Gasteiger partial charge in [0.15, 0.2) is 0 Å². The van der Waals surface area contributed by atoms with Crippen molar-refractivity contribution in [3.05, 3.63) is 107 Å². The molecule has 0 aromatic heterocycles. The van der Waals surface area contributed by atoms with Crippen LogP contribution in [0.2, 0.25) is 0 Å². The Hall–Kier alpha value is -1.68. The van der Waals surface area contributed by atoms with Crippen molar-refractivity contribution in [2.75, 3.05) is 20.6 Å². The summed E-state index contributed by atoms with van der Waals surface area (Å²) < 4.78 is 0. The summed E-state index contributed by atoms with van der Waals surface area (Å²) in [5.41, 5.74) is 16.8. The number of nitrogens with one attached hydrogen (secondary N) is 1. The third-order valence-corrected chi connectivity index (χ3v) is 5.51. The maximum absolute atomic E-state index is 7.54. The molecule has 0 heterocycles. The Morgan fingerprint density at radius 1 is 0.939 bits per heavy atom. The van der Waals surface area contributed by atoms with Gasteiger partial charge in [-0.1, -0.05) is 76.2 Å². The van der Waals surface area contributed by atoms with E-state index in [-0.39, 0.29) is 46.5 Å². The fraction of sp³-hybridized carbons (Fsp3) is 0.250.